The van der Waals surface area contributed by atoms with Gasteiger partial charge in [-0.3, -0.25) is 4.79 Å². The molecular formula is C24H24N4O3S2. The molecule has 7 nitrogen and oxygen atoms in total. The van der Waals surface area contributed by atoms with E-state index in [1.165, 1.54) is 23.5 Å². The molecular weight excluding hydrogens is 456 g/mol. The van der Waals surface area contributed by atoms with E-state index in [0.29, 0.717) is 0 Å². The van der Waals surface area contributed by atoms with Gasteiger partial charge in [-0.25, -0.2) is 18.5 Å². The second-order valence-corrected chi connectivity index (χ2v) is 10.3. The van der Waals surface area contributed by atoms with E-state index in [1.54, 1.807) is 12.1 Å². The number of hydrogen-bond donors (Lipinski definition) is 2. The van der Waals surface area contributed by atoms with E-state index >= 15 is 0 Å². The smallest absolute Gasteiger partial charge is 0.238 e. The molecule has 4 aromatic rings. The lowest BCUT2D eigenvalue weighted by Gasteiger charge is -2.10. The first kappa shape index (κ1) is 22.9. The molecule has 0 saturated heterocycles. The number of sulfonamides is 1. The van der Waals surface area contributed by atoms with Crippen LogP contribution in [0.2, 0.25) is 0 Å². The summed E-state index contributed by atoms with van der Waals surface area (Å²) in [6.07, 6.45) is 0.201. The lowest BCUT2D eigenvalue weighted by atomic mass is 10.2. The molecule has 0 saturated carbocycles. The van der Waals surface area contributed by atoms with Crippen LogP contribution >= 0.6 is 11.3 Å². The number of nitrogens with one attached hydrogen (secondary N) is 1. The first-order valence-corrected chi connectivity index (χ1v) is 12.7. The van der Waals surface area contributed by atoms with E-state index < -0.39 is 10.0 Å². The Bertz CT molecular complexity index is 1430. The number of nitrogens with zero attached hydrogens (tertiary/aromatic N) is 2. The topological polar surface area (TPSA) is 107 Å². The molecule has 0 spiro atoms. The molecule has 0 atom stereocenters. The highest BCUT2D eigenvalue weighted by Crippen LogP contribution is 2.31. The number of benzene rings is 2. The molecule has 0 unspecified atom stereocenters. The van der Waals surface area contributed by atoms with Crippen molar-refractivity contribution >= 4 is 33.0 Å². The van der Waals surface area contributed by atoms with Crippen LogP contribution in [0.3, 0.4) is 0 Å². The fourth-order valence-electron chi connectivity index (χ4n) is 3.77. The predicted molar refractivity (Wildman–Crippen MR) is 131 cm³/mol. The van der Waals surface area contributed by atoms with E-state index in [1.807, 2.05) is 61.1 Å². The summed E-state index contributed by atoms with van der Waals surface area (Å²) in [4.78, 5) is 17.2. The lowest BCUT2D eigenvalue weighted by molar-refractivity contribution is -0.115. The molecule has 2 heterocycles. The summed E-state index contributed by atoms with van der Waals surface area (Å²) in [5.41, 5.74) is 6.36. The highest BCUT2D eigenvalue weighted by atomic mass is 32.2. The highest BCUT2D eigenvalue weighted by Gasteiger charge is 2.17. The summed E-state index contributed by atoms with van der Waals surface area (Å²) in [6.45, 7) is 5.92. The van der Waals surface area contributed by atoms with Crippen LogP contribution in [0.4, 0.5) is 5.69 Å². The van der Waals surface area contributed by atoms with Gasteiger partial charge in [-0.2, -0.15) is 0 Å². The van der Waals surface area contributed by atoms with Crippen LogP contribution in [-0.2, 0) is 21.2 Å². The molecule has 2 aromatic carbocycles. The molecule has 0 fully saturated rings. The highest BCUT2D eigenvalue weighted by molar-refractivity contribution is 7.89. The molecule has 2 aromatic heterocycles. The van der Waals surface area contributed by atoms with Crippen LogP contribution in [-0.4, -0.2) is 23.9 Å². The Kier molecular flexibility index (Phi) is 6.20. The van der Waals surface area contributed by atoms with E-state index in [2.05, 4.69) is 10.3 Å². The van der Waals surface area contributed by atoms with E-state index in [0.717, 1.165) is 44.6 Å². The van der Waals surface area contributed by atoms with Crippen LogP contribution in [0.15, 0.2) is 64.9 Å². The van der Waals surface area contributed by atoms with Crippen LogP contribution in [0.5, 0.6) is 0 Å². The number of nitrogens with two attached hydrogens (primary N) is 1. The molecule has 3 N–H and O–H groups in total. The van der Waals surface area contributed by atoms with Gasteiger partial charge in [0.05, 0.1) is 17.0 Å². The SMILES string of the molecule is Cc1ccccc1NC(=O)Cc1nc(-c2cc(C)n(-c3ccc(S(N)(=O)=O)cc3)c2C)cs1. The molecule has 0 aliphatic carbocycles. The molecule has 0 aliphatic rings. The van der Waals surface area contributed by atoms with E-state index in [9.17, 15) is 13.2 Å². The predicted octanol–water partition coefficient (Wildman–Crippen LogP) is 4.35. The van der Waals surface area contributed by atoms with E-state index in [-0.39, 0.29) is 17.2 Å². The summed E-state index contributed by atoms with van der Waals surface area (Å²) in [6, 6.07) is 16.1. The number of carbonyl (C=O) groups excluding carboxylic acids is 1. The Morgan fingerprint density at radius 1 is 1.09 bits per heavy atom. The van der Waals surface area contributed by atoms with Gasteiger partial charge in [0.2, 0.25) is 15.9 Å². The Morgan fingerprint density at radius 2 is 1.79 bits per heavy atom. The normalized spacial score (nSPS) is 11.5. The number of thiazole rings is 1. The fourth-order valence-corrected chi connectivity index (χ4v) is 5.07. The average Bonchev–Trinajstić information content (AvgIpc) is 3.32. The minimum absolute atomic E-state index is 0.0713. The van der Waals surface area contributed by atoms with Crippen molar-refractivity contribution < 1.29 is 13.2 Å². The van der Waals surface area contributed by atoms with Crippen molar-refractivity contribution in [3.05, 3.63) is 81.9 Å². The Labute approximate surface area is 197 Å². The third-order valence-corrected chi connectivity index (χ3v) is 7.19. The zero-order valence-electron chi connectivity index (χ0n) is 18.5. The van der Waals surface area contributed by atoms with Gasteiger partial charge in [0, 0.05) is 33.7 Å². The van der Waals surface area contributed by atoms with Crippen molar-refractivity contribution in [3.8, 4) is 16.9 Å². The molecule has 1 amide bonds. The fraction of sp³-hybridized carbons (Fsp3) is 0.167. The van der Waals surface area contributed by atoms with Crippen LogP contribution in [0.25, 0.3) is 16.9 Å². The zero-order chi connectivity index (χ0) is 23.8. The second kappa shape index (κ2) is 8.93. The number of hydrogen-bond acceptors (Lipinski definition) is 5. The molecule has 170 valence electrons. The third-order valence-electron chi connectivity index (χ3n) is 5.41. The number of rotatable bonds is 6. The first-order chi connectivity index (χ1) is 15.6. The van der Waals surface area contributed by atoms with Crippen molar-refractivity contribution in [2.75, 3.05) is 5.32 Å². The van der Waals surface area contributed by atoms with Gasteiger partial charge in [-0.1, -0.05) is 18.2 Å². The van der Waals surface area contributed by atoms with Crippen LogP contribution < -0.4 is 10.5 Å². The van der Waals surface area contributed by atoms with Crippen LogP contribution in [0.1, 0.15) is 22.0 Å². The van der Waals surface area contributed by atoms with Crippen molar-refractivity contribution in [1.82, 2.24) is 9.55 Å². The maximum absolute atomic E-state index is 12.5. The number of carbonyl (C=O) groups is 1. The molecule has 9 heteroatoms. The first-order valence-electron chi connectivity index (χ1n) is 10.3. The molecule has 0 bridgehead atoms. The van der Waals surface area contributed by atoms with Crippen molar-refractivity contribution in [2.45, 2.75) is 32.1 Å². The van der Waals surface area contributed by atoms with Gasteiger partial charge >= 0.3 is 0 Å². The minimum Gasteiger partial charge on any atom is -0.325 e. The standard InChI is InChI=1S/C24H24N4O3S2/c1-15-6-4-5-7-21(15)26-23(29)13-24-27-22(14-32-24)20-12-16(2)28(17(20)3)18-8-10-19(11-9-18)33(25,30)31/h4-12,14H,13H2,1-3H3,(H,26,29)(H2,25,30,31). The number of para-hydroxylation sites is 1. The summed E-state index contributed by atoms with van der Waals surface area (Å²) < 4.78 is 25.1. The monoisotopic (exact) mass is 480 g/mol. The average molecular weight is 481 g/mol. The maximum Gasteiger partial charge on any atom is 0.238 e. The minimum atomic E-state index is -3.74. The lowest BCUT2D eigenvalue weighted by Crippen LogP contribution is -2.14. The largest absolute Gasteiger partial charge is 0.325 e. The van der Waals surface area contributed by atoms with Gasteiger partial charge in [-0.05, 0) is 62.7 Å². The Hall–Kier alpha value is -3.27. The van der Waals surface area contributed by atoms with Crippen LogP contribution in [0, 0.1) is 20.8 Å². The quantitative estimate of drug-likeness (QED) is 0.428. The van der Waals surface area contributed by atoms with Gasteiger partial charge in [-0.15, -0.1) is 11.3 Å². The summed E-state index contributed by atoms with van der Waals surface area (Å²) >= 11 is 1.45. The molecule has 0 radical (unpaired) electrons. The van der Waals surface area contributed by atoms with Gasteiger partial charge in [0.1, 0.15) is 5.01 Å². The number of anilines is 1. The summed E-state index contributed by atoms with van der Waals surface area (Å²) in [7, 11) is -3.74. The number of primary sulfonamides is 1. The zero-order valence-corrected chi connectivity index (χ0v) is 20.1. The summed E-state index contributed by atoms with van der Waals surface area (Å²) in [5.74, 6) is -0.106. The van der Waals surface area contributed by atoms with Gasteiger partial charge < -0.3 is 9.88 Å². The van der Waals surface area contributed by atoms with Crippen molar-refractivity contribution in [2.24, 2.45) is 5.14 Å². The maximum atomic E-state index is 12.5. The van der Waals surface area contributed by atoms with Gasteiger partial charge in [0.25, 0.3) is 0 Å². The summed E-state index contributed by atoms with van der Waals surface area (Å²) in [5, 5.41) is 10.8. The second-order valence-electron chi connectivity index (χ2n) is 7.83. The third kappa shape index (κ3) is 4.90. The van der Waals surface area contributed by atoms with Crippen molar-refractivity contribution in [3.63, 3.8) is 0 Å². The van der Waals surface area contributed by atoms with E-state index in [4.69, 9.17) is 5.14 Å². The molecule has 4 rings (SSSR count). The number of aromatic nitrogens is 2. The molecule has 33 heavy (non-hydrogen) atoms. The Balaban J connectivity index is 1.55. The number of aryl methyl sites for hydroxylation is 2. The van der Waals surface area contributed by atoms with Crippen molar-refractivity contribution in [1.29, 1.82) is 0 Å². The Morgan fingerprint density at radius 3 is 2.45 bits per heavy atom. The number of amides is 1. The molecule has 0 aliphatic heterocycles. The van der Waals surface area contributed by atoms with Gasteiger partial charge in [0.15, 0.2) is 0 Å².